The molecule has 1 aromatic carbocycles. The lowest BCUT2D eigenvalue weighted by Crippen LogP contribution is -2.06. The van der Waals surface area contributed by atoms with Gasteiger partial charge in [0.25, 0.3) is 0 Å². The molecule has 0 aromatic heterocycles. The van der Waals surface area contributed by atoms with Gasteiger partial charge in [-0.25, -0.2) is 0 Å². The lowest BCUT2D eigenvalue weighted by molar-refractivity contribution is 0.198. The van der Waals surface area contributed by atoms with Crippen LogP contribution in [-0.2, 0) is 0 Å². The van der Waals surface area contributed by atoms with E-state index in [2.05, 4.69) is 13.8 Å². The van der Waals surface area contributed by atoms with Crippen LogP contribution < -0.4 is 9.47 Å². The lowest BCUT2D eigenvalue weighted by Gasteiger charge is -2.17. The highest BCUT2D eigenvalue weighted by molar-refractivity contribution is 7.99. The molecule has 2 atom stereocenters. The smallest absolute Gasteiger partial charge is 0.128 e. The Balaban J connectivity index is 2.75. The highest BCUT2D eigenvalue weighted by Gasteiger charge is 2.15. The molecule has 0 aliphatic heterocycles. The number of hydrogen-bond donors (Lipinski definition) is 1. The van der Waals surface area contributed by atoms with E-state index in [0.29, 0.717) is 16.8 Å². The molecule has 1 aromatic rings. The number of aliphatic hydroxyl groups is 1. The highest BCUT2D eigenvalue weighted by Crippen LogP contribution is 2.32. The molecule has 102 valence electrons. The van der Waals surface area contributed by atoms with Crippen LogP contribution in [0.1, 0.15) is 31.9 Å². The standard InChI is InChI=1S/C14H22O3S/c1-5-10(2)18-9-13(15)12-7-6-11(16-3)8-14(12)17-4/h6-8,10,13,15H,5,9H2,1-4H3. The first-order valence-corrected chi connectivity index (χ1v) is 7.18. The molecule has 0 radical (unpaired) electrons. The van der Waals surface area contributed by atoms with E-state index in [1.807, 2.05) is 12.1 Å². The van der Waals surface area contributed by atoms with Crippen molar-refractivity contribution in [1.29, 1.82) is 0 Å². The van der Waals surface area contributed by atoms with Crippen LogP contribution in [0.4, 0.5) is 0 Å². The number of thioether (sulfide) groups is 1. The van der Waals surface area contributed by atoms with Gasteiger partial charge in [0, 0.05) is 22.6 Å². The molecular formula is C14H22O3S. The lowest BCUT2D eigenvalue weighted by atomic mass is 10.1. The topological polar surface area (TPSA) is 38.7 Å². The van der Waals surface area contributed by atoms with Crippen molar-refractivity contribution < 1.29 is 14.6 Å². The molecule has 0 heterocycles. The summed E-state index contributed by atoms with van der Waals surface area (Å²) in [5.74, 6) is 2.08. The first-order chi connectivity index (χ1) is 8.62. The van der Waals surface area contributed by atoms with E-state index in [1.54, 1.807) is 32.0 Å². The third-order valence-electron chi connectivity index (χ3n) is 2.91. The number of ether oxygens (including phenoxy) is 2. The predicted molar refractivity (Wildman–Crippen MR) is 76.7 cm³/mol. The first-order valence-electron chi connectivity index (χ1n) is 6.13. The van der Waals surface area contributed by atoms with Crippen molar-refractivity contribution in [1.82, 2.24) is 0 Å². The van der Waals surface area contributed by atoms with E-state index in [-0.39, 0.29) is 0 Å². The molecule has 0 aliphatic carbocycles. The van der Waals surface area contributed by atoms with Crippen molar-refractivity contribution in [2.45, 2.75) is 31.6 Å². The summed E-state index contributed by atoms with van der Waals surface area (Å²) in [6.45, 7) is 4.32. The minimum atomic E-state index is -0.509. The molecule has 0 spiro atoms. The number of benzene rings is 1. The summed E-state index contributed by atoms with van der Waals surface area (Å²) in [7, 11) is 3.22. The summed E-state index contributed by atoms with van der Waals surface area (Å²) in [6, 6.07) is 5.50. The number of hydrogen-bond acceptors (Lipinski definition) is 4. The fourth-order valence-corrected chi connectivity index (χ4v) is 2.48. The molecule has 0 bridgehead atoms. The minimum absolute atomic E-state index is 0.509. The summed E-state index contributed by atoms with van der Waals surface area (Å²) in [6.07, 6.45) is 0.599. The van der Waals surface area contributed by atoms with Crippen molar-refractivity contribution in [3.05, 3.63) is 23.8 Å². The van der Waals surface area contributed by atoms with E-state index in [1.165, 1.54) is 0 Å². The fraction of sp³-hybridized carbons (Fsp3) is 0.571. The van der Waals surface area contributed by atoms with Crippen LogP contribution in [-0.4, -0.2) is 30.3 Å². The maximum Gasteiger partial charge on any atom is 0.128 e. The Labute approximate surface area is 113 Å². The number of rotatable bonds is 7. The molecule has 0 amide bonds. The van der Waals surface area contributed by atoms with Gasteiger partial charge < -0.3 is 14.6 Å². The van der Waals surface area contributed by atoms with Gasteiger partial charge in [0.05, 0.1) is 20.3 Å². The Morgan fingerprint density at radius 2 is 2.00 bits per heavy atom. The monoisotopic (exact) mass is 270 g/mol. The quantitative estimate of drug-likeness (QED) is 0.825. The summed E-state index contributed by atoms with van der Waals surface area (Å²) >= 11 is 1.77. The van der Waals surface area contributed by atoms with Crippen molar-refractivity contribution >= 4 is 11.8 Å². The van der Waals surface area contributed by atoms with Crippen LogP contribution in [0, 0.1) is 0 Å². The van der Waals surface area contributed by atoms with Gasteiger partial charge >= 0.3 is 0 Å². The van der Waals surface area contributed by atoms with Gasteiger partial charge in [0.2, 0.25) is 0 Å². The van der Waals surface area contributed by atoms with E-state index in [0.717, 1.165) is 17.7 Å². The average molecular weight is 270 g/mol. The molecule has 2 unspecified atom stereocenters. The first kappa shape index (κ1) is 15.2. The number of aliphatic hydroxyl groups excluding tert-OH is 1. The minimum Gasteiger partial charge on any atom is -0.497 e. The molecule has 4 heteroatoms. The second kappa shape index (κ2) is 7.54. The molecule has 1 N–H and O–H groups in total. The average Bonchev–Trinajstić information content (AvgIpc) is 2.43. The fourth-order valence-electron chi connectivity index (χ4n) is 1.56. The van der Waals surface area contributed by atoms with Crippen molar-refractivity contribution in [3.63, 3.8) is 0 Å². The van der Waals surface area contributed by atoms with Gasteiger partial charge in [0.1, 0.15) is 11.5 Å². The zero-order valence-electron chi connectivity index (χ0n) is 11.5. The summed E-state index contributed by atoms with van der Waals surface area (Å²) in [4.78, 5) is 0. The van der Waals surface area contributed by atoms with Crippen LogP contribution >= 0.6 is 11.8 Å². The Morgan fingerprint density at radius 3 is 2.56 bits per heavy atom. The largest absolute Gasteiger partial charge is 0.497 e. The molecule has 3 nitrogen and oxygen atoms in total. The van der Waals surface area contributed by atoms with Crippen LogP contribution in [0.2, 0.25) is 0 Å². The third-order valence-corrected chi connectivity index (χ3v) is 4.32. The Hall–Kier alpha value is -0.870. The van der Waals surface area contributed by atoms with Gasteiger partial charge in [-0.15, -0.1) is 0 Å². The van der Waals surface area contributed by atoms with E-state index in [9.17, 15) is 5.11 Å². The highest BCUT2D eigenvalue weighted by atomic mass is 32.2. The molecule has 0 aliphatic rings. The maximum atomic E-state index is 10.2. The number of methoxy groups -OCH3 is 2. The van der Waals surface area contributed by atoms with E-state index < -0.39 is 6.10 Å². The van der Waals surface area contributed by atoms with Crippen LogP contribution in [0.3, 0.4) is 0 Å². The molecule has 0 saturated carbocycles. The summed E-state index contributed by atoms with van der Waals surface area (Å²) < 4.78 is 10.4. The third kappa shape index (κ3) is 4.10. The summed E-state index contributed by atoms with van der Waals surface area (Å²) in [5, 5.41) is 10.8. The molecule has 0 saturated heterocycles. The summed E-state index contributed by atoms with van der Waals surface area (Å²) in [5.41, 5.74) is 0.814. The second-order valence-electron chi connectivity index (χ2n) is 4.18. The zero-order valence-corrected chi connectivity index (χ0v) is 12.3. The van der Waals surface area contributed by atoms with Crippen LogP contribution in [0.5, 0.6) is 11.5 Å². The van der Waals surface area contributed by atoms with E-state index >= 15 is 0 Å². The maximum absolute atomic E-state index is 10.2. The van der Waals surface area contributed by atoms with Gasteiger partial charge in [-0.2, -0.15) is 11.8 Å². The Morgan fingerprint density at radius 1 is 1.28 bits per heavy atom. The van der Waals surface area contributed by atoms with Crippen molar-refractivity contribution in [2.75, 3.05) is 20.0 Å². The normalized spacial score (nSPS) is 14.1. The molecule has 0 fully saturated rings. The molecule has 18 heavy (non-hydrogen) atoms. The van der Waals surface area contributed by atoms with Crippen molar-refractivity contribution in [3.8, 4) is 11.5 Å². The van der Waals surface area contributed by atoms with E-state index in [4.69, 9.17) is 9.47 Å². The van der Waals surface area contributed by atoms with Crippen LogP contribution in [0.25, 0.3) is 0 Å². The predicted octanol–water partition coefficient (Wildman–Crippen LogP) is 3.27. The van der Waals surface area contributed by atoms with Gasteiger partial charge in [-0.05, 0) is 18.6 Å². The SMILES string of the molecule is CCC(C)SCC(O)c1ccc(OC)cc1OC. The Bertz CT molecular complexity index is 368. The second-order valence-corrected chi connectivity index (χ2v) is 5.65. The van der Waals surface area contributed by atoms with Crippen LogP contribution in [0.15, 0.2) is 18.2 Å². The Kier molecular flexibility index (Phi) is 6.36. The van der Waals surface area contributed by atoms with Gasteiger partial charge in [-0.3, -0.25) is 0 Å². The van der Waals surface area contributed by atoms with Gasteiger partial charge in [-0.1, -0.05) is 13.8 Å². The molecular weight excluding hydrogens is 248 g/mol. The van der Waals surface area contributed by atoms with Gasteiger partial charge in [0.15, 0.2) is 0 Å². The zero-order chi connectivity index (χ0) is 13.5. The van der Waals surface area contributed by atoms with Crippen molar-refractivity contribution in [2.24, 2.45) is 0 Å². The molecule has 1 rings (SSSR count).